The maximum Gasteiger partial charge on any atom is 0.337 e. The van der Waals surface area contributed by atoms with Crippen molar-refractivity contribution in [3.63, 3.8) is 0 Å². The molecule has 0 radical (unpaired) electrons. The van der Waals surface area contributed by atoms with E-state index in [1.54, 1.807) is 22.8 Å². The Balaban J connectivity index is 2.22. The van der Waals surface area contributed by atoms with Gasteiger partial charge in [-0.25, -0.2) is 9.18 Å². The van der Waals surface area contributed by atoms with Crippen LogP contribution in [-0.4, -0.2) is 25.8 Å². The first-order valence-corrected chi connectivity index (χ1v) is 6.57. The predicted molar refractivity (Wildman–Crippen MR) is 78.4 cm³/mol. The minimum Gasteiger partial charge on any atom is -0.478 e. The van der Waals surface area contributed by atoms with E-state index in [2.05, 4.69) is 10.2 Å². The molecule has 1 N–H and O–H groups in total. The minimum atomic E-state index is -1.03. The van der Waals surface area contributed by atoms with Crippen molar-refractivity contribution in [2.75, 3.05) is 0 Å². The molecule has 3 rings (SSSR count). The average molecular weight is 297 g/mol. The zero-order valence-corrected chi connectivity index (χ0v) is 11.7. The quantitative estimate of drug-likeness (QED) is 0.806. The van der Waals surface area contributed by atoms with E-state index in [4.69, 9.17) is 0 Å². The second-order valence-electron chi connectivity index (χ2n) is 4.81. The van der Waals surface area contributed by atoms with Gasteiger partial charge in [-0.3, -0.25) is 4.57 Å². The van der Waals surface area contributed by atoms with E-state index in [9.17, 15) is 14.3 Å². The van der Waals surface area contributed by atoms with Gasteiger partial charge in [0.25, 0.3) is 0 Å². The normalized spacial score (nSPS) is 10.6. The van der Waals surface area contributed by atoms with Crippen LogP contribution in [0.1, 0.15) is 15.9 Å². The summed E-state index contributed by atoms with van der Waals surface area (Å²) in [4.78, 5) is 11.5. The fourth-order valence-electron chi connectivity index (χ4n) is 2.35. The lowest BCUT2D eigenvalue weighted by molar-refractivity contribution is 0.0697. The first-order valence-electron chi connectivity index (χ1n) is 6.57. The fraction of sp³-hybridized carbons (Fsp3) is 0.0625. The number of hydrogen-bond acceptors (Lipinski definition) is 3. The molecule has 0 bridgehead atoms. The van der Waals surface area contributed by atoms with Gasteiger partial charge in [-0.2, -0.15) is 0 Å². The molecule has 3 aromatic rings. The van der Waals surface area contributed by atoms with E-state index in [0.29, 0.717) is 17.1 Å². The maximum atomic E-state index is 13.1. The van der Waals surface area contributed by atoms with Gasteiger partial charge in [-0.05, 0) is 42.8 Å². The third-order valence-corrected chi connectivity index (χ3v) is 3.36. The predicted octanol–water partition coefficient (Wildman–Crippen LogP) is 3.08. The number of benzene rings is 2. The minimum absolute atomic E-state index is 0.156. The molecule has 0 aliphatic carbocycles. The molecule has 0 saturated heterocycles. The van der Waals surface area contributed by atoms with Crippen molar-refractivity contribution in [3.05, 3.63) is 65.7 Å². The highest BCUT2D eigenvalue weighted by atomic mass is 19.1. The molecule has 0 saturated carbocycles. The lowest BCUT2D eigenvalue weighted by Crippen LogP contribution is -2.08. The summed E-state index contributed by atoms with van der Waals surface area (Å²) in [6.07, 6.45) is 1.45. The Morgan fingerprint density at radius 2 is 1.91 bits per heavy atom. The summed E-state index contributed by atoms with van der Waals surface area (Å²) >= 11 is 0. The Labute approximate surface area is 125 Å². The smallest absolute Gasteiger partial charge is 0.337 e. The van der Waals surface area contributed by atoms with E-state index in [0.717, 1.165) is 5.56 Å². The molecule has 0 aliphatic heterocycles. The zero-order chi connectivity index (χ0) is 15.7. The molecule has 6 heteroatoms. The number of carboxylic acid groups (broad SMARTS) is 1. The molecule has 1 aromatic heterocycles. The summed E-state index contributed by atoms with van der Waals surface area (Å²) < 4.78 is 14.7. The number of aryl methyl sites for hydroxylation is 1. The topological polar surface area (TPSA) is 68.0 Å². The number of carboxylic acids is 1. The molecular weight excluding hydrogens is 285 g/mol. The number of aromatic carboxylic acids is 1. The van der Waals surface area contributed by atoms with Crippen LogP contribution >= 0.6 is 0 Å². The van der Waals surface area contributed by atoms with Crippen molar-refractivity contribution < 1.29 is 14.3 Å². The lowest BCUT2D eigenvalue weighted by Gasteiger charge is -2.12. The molecular formula is C16H12FN3O2. The molecule has 0 atom stereocenters. The number of nitrogens with zero attached hydrogens (tertiary/aromatic N) is 3. The molecule has 0 unspecified atom stereocenters. The van der Waals surface area contributed by atoms with Crippen molar-refractivity contribution in [1.29, 1.82) is 0 Å². The Morgan fingerprint density at radius 3 is 2.59 bits per heavy atom. The molecule has 0 amide bonds. The van der Waals surface area contributed by atoms with E-state index >= 15 is 0 Å². The van der Waals surface area contributed by atoms with Crippen LogP contribution in [0.25, 0.3) is 17.1 Å². The monoisotopic (exact) mass is 297 g/mol. The van der Waals surface area contributed by atoms with Crippen molar-refractivity contribution in [1.82, 2.24) is 14.8 Å². The third kappa shape index (κ3) is 2.35. The Morgan fingerprint density at radius 1 is 1.18 bits per heavy atom. The number of aromatic nitrogens is 3. The van der Waals surface area contributed by atoms with E-state index < -0.39 is 5.97 Å². The molecule has 2 aromatic carbocycles. The molecule has 22 heavy (non-hydrogen) atoms. The molecule has 1 heterocycles. The van der Waals surface area contributed by atoms with E-state index in [1.165, 1.54) is 24.5 Å². The van der Waals surface area contributed by atoms with Gasteiger partial charge >= 0.3 is 5.97 Å². The second-order valence-corrected chi connectivity index (χ2v) is 4.81. The van der Waals surface area contributed by atoms with Crippen LogP contribution in [0, 0.1) is 12.7 Å². The summed E-state index contributed by atoms with van der Waals surface area (Å²) in [6, 6.07) is 10.8. The third-order valence-electron chi connectivity index (χ3n) is 3.36. The van der Waals surface area contributed by atoms with E-state index in [1.807, 2.05) is 13.0 Å². The van der Waals surface area contributed by atoms with Crippen molar-refractivity contribution in [2.45, 2.75) is 6.92 Å². The van der Waals surface area contributed by atoms with Crippen molar-refractivity contribution in [2.24, 2.45) is 0 Å². The Kier molecular flexibility index (Phi) is 3.42. The van der Waals surface area contributed by atoms with Gasteiger partial charge in [-0.1, -0.05) is 12.1 Å². The van der Waals surface area contributed by atoms with Crippen LogP contribution in [0.2, 0.25) is 0 Å². The van der Waals surface area contributed by atoms with Gasteiger partial charge in [0.05, 0.1) is 11.3 Å². The maximum absolute atomic E-state index is 13.1. The lowest BCUT2D eigenvalue weighted by atomic mass is 10.1. The SMILES string of the molecule is Cc1cccc(C(=O)O)c1-n1cnnc1-c1ccc(F)cc1. The first-order chi connectivity index (χ1) is 10.6. The molecule has 0 spiro atoms. The molecule has 5 nitrogen and oxygen atoms in total. The molecule has 0 aliphatic rings. The van der Waals surface area contributed by atoms with Gasteiger partial charge in [0.1, 0.15) is 12.1 Å². The van der Waals surface area contributed by atoms with Gasteiger partial charge in [0.2, 0.25) is 0 Å². The van der Waals surface area contributed by atoms with Crippen LogP contribution in [0.15, 0.2) is 48.8 Å². The van der Waals surface area contributed by atoms with Crippen LogP contribution in [0.3, 0.4) is 0 Å². The van der Waals surface area contributed by atoms with Gasteiger partial charge in [0.15, 0.2) is 5.82 Å². The Hall–Kier alpha value is -3.02. The fourth-order valence-corrected chi connectivity index (χ4v) is 2.35. The number of hydrogen-bond donors (Lipinski definition) is 1. The van der Waals surface area contributed by atoms with Crippen LogP contribution in [-0.2, 0) is 0 Å². The van der Waals surface area contributed by atoms with Crippen LogP contribution < -0.4 is 0 Å². The van der Waals surface area contributed by atoms with Crippen molar-refractivity contribution >= 4 is 5.97 Å². The van der Waals surface area contributed by atoms with Crippen molar-refractivity contribution in [3.8, 4) is 17.1 Å². The Bertz CT molecular complexity index is 841. The van der Waals surface area contributed by atoms with Gasteiger partial charge < -0.3 is 5.11 Å². The highest BCUT2D eigenvalue weighted by Gasteiger charge is 2.17. The number of carbonyl (C=O) groups is 1. The largest absolute Gasteiger partial charge is 0.478 e. The van der Waals surface area contributed by atoms with Crippen LogP contribution in [0.5, 0.6) is 0 Å². The average Bonchev–Trinajstić information content (AvgIpc) is 2.96. The summed E-state index contributed by atoms with van der Waals surface area (Å²) in [5, 5.41) is 17.3. The molecule has 0 fully saturated rings. The second kappa shape index (κ2) is 5.40. The highest BCUT2D eigenvalue weighted by Crippen LogP contribution is 2.25. The summed E-state index contributed by atoms with van der Waals surface area (Å²) in [7, 11) is 0. The van der Waals surface area contributed by atoms with Gasteiger partial charge in [0, 0.05) is 5.56 Å². The van der Waals surface area contributed by atoms with Gasteiger partial charge in [-0.15, -0.1) is 10.2 Å². The first kappa shape index (κ1) is 13.9. The van der Waals surface area contributed by atoms with Crippen LogP contribution in [0.4, 0.5) is 4.39 Å². The number of para-hydroxylation sites is 1. The van der Waals surface area contributed by atoms with E-state index in [-0.39, 0.29) is 11.4 Å². The molecule has 110 valence electrons. The number of halogens is 1. The summed E-state index contributed by atoms with van der Waals surface area (Å²) in [6.45, 7) is 1.82. The number of rotatable bonds is 3. The highest BCUT2D eigenvalue weighted by molar-refractivity contribution is 5.93. The summed E-state index contributed by atoms with van der Waals surface area (Å²) in [5.41, 5.74) is 2.09. The standard InChI is InChI=1S/C16H12FN3O2/c1-10-3-2-4-13(16(21)22)14(10)20-9-18-19-15(20)11-5-7-12(17)8-6-11/h2-9H,1H3,(H,21,22). The summed E-state index contributed by atoms with van der Waals surface area (Å²) in [5.74, 6) is -0.925. The zero-order valence-electron chi connectivity index (χ0n) is 11.7.